The van der Waals surface area contributed by atoms with E-state index in [-0.39, 0.29) is 12.0 Å². The Labute approximate surface area is 124 Å². The average Bonchev–Trinajstić information content (AvgIpc) is 2.91. The summed E-state index contributed by atoms with van der Waals surface area (Å²) in [5.41, 5.74) is 3.59. The molecule has 21 heavy (non-hydrogen) atoms. The summed E-state index contributed by atoms with van der Waals surface area (Å²) in [4.78, 5) is 11.9. The minimum absolute atomic E-state index is 0.0368. The number of hydrogen-bond donors (Lipinski definition) is 1. The van der Waals surface area contributed by atoms with E-state index < -0.39 is 0 Å². The second-order valence-corrected chi connectivity index (χ2v) is 5.07. The highest BCUT2D eigenvalue weighted by Crippen LogP contribution is 2.21. The maximum absolute atomic E-state index is 11.9. The third-order valence-electron chi connectivity index (χ3n) is 3.47. The van der Waals surface area contributed by atoms with Gasteiger partial charge in [0.2, 0.25) is 0 Å². The van der Waals surface area contributed by atoms with Gasteiger partial charge in [-0.1, -0.05) is 29.8 Å². The van der Waals surface area contributed by atoms with E-state index >= 15 is 0 Å². The van der Waals surface area contributed by atoms with Crippen LogP contribution in [0, 0.1) is 6.92 Å². The number of methoxy groups -OCH3 is 1. The molecule has 5 nitrogen and oxygen atoms in total. The first kappa shape index (κ1) is 15.3. The van der Waals surface area contributed by atoms with Gasteiger partial charge in [-0.2, -0.15) is 5.10 Å². The summed E-state index contributed by atoms with van der Waals surface area (Å²) in [5, 5.41) is 7.56. The lowest BCUT2D eigenvalue weighted by Crippen LogP contribution is -2.16. The number of nitrogens with zero attached hydrogens (tertiary/aromatic N) is 2. The van der Waals surface area contributed by atoms with Crippen LogP contribution in [-0.2, 0) is 11.3 Å². The second-order valence-electron chi connectivity index (χ2n) is 5.07. The highest BCUT2D eigenvalue weighted by atomic mass is 16.5. The Hall–Kier alpha value is -2.14. The largest absolute Gasteiger partial charge is 0.464 e. The Bertz CT molecular complexity index is 617. The van der Waals surface area contributed by atoms with Crippen molar-refractivity contribution >= 4 is 5.97 Å². The molecule has 0 saturated carbocycles. The van der Waals surface area contributed by atoms with Crippen molar-refractivity contribution in [2.24, 2.45) is 0 Å². The smallest absolute Gasteiger partial charge is 0.356 e. The predicted molar refractivity (Wildman–Crippen MR) is 81.3 cm³/mol. The SMILES string of the molecule is CNCc1cc(C(=O)OC)n(C(C)c2ccc(C)cc2)n1. The van der Waals surface area contributed by atoms with Gasteiger partial charge in [0.1, 0.15) is 5.69 Å². The fourth-order valence-electron chi connectivity index (χ4n) is 2.25. The van der Waals surface area contributed by atoms with Crippen LogP contribution >= 0.6 is 0 Å². The van der Waals surface area contributed by atoms with Gasteiger partial charge in [-0.15, -0.1) is 0 Å². The van der Waals surface area contributed by atoms with Crippen LogP contribution in [0.3, 0.4) is 0 Å². The van der Waals surface area contributed by atoms with E-state index in [1.165, 1.54) is 12.7 Å². The third kappa shape index (κ3) is 3.31. The topological polar surface area (TPSA) is 56.1 Å². The predicted octanol–water partition coefficient (Wildman–Crippen LogP) is 2.31. The number of ether oxygens (including phenoxy) is 1. The second kappa shape index (κ2) is 6.54. The average molecular weight is 287 g/mol. The van der Waals surface area contributed by atoms with E-state index in [1.54, 1.807) is 10.7 Å². The molecule has 0 fully saturated rings. The quantitative estimate of drug-likeness (QED) is 0.857. The molecule has 0 bridgehead atoms. The van der Waals surface area contributed by atoms with Crippen LogP contribution < -0.4 is 5.32 Å². The molecule has 1 N–H and O–H groups in total. The van der Waals surface area contributed by atoms with Crippen molar-refractivity contribution in [1.29, 1.82) is 0 Å². The standard InChI is InChI=1S/C16H21N3O2/c1-11-5-7-13(8-6-11)12(2)19-15(16(20)21-4)9-14(18-19)10-17-3/h5-9,12,17H,10H2,1-4H3. The number of carbonyl (C=O) groups is 1. The molecule has 0 amide bonds. The molecule has 0 saturated heterocycles. The Balaban J connectivity index is 2.40. The fraction of sp³-hybridized carbons (Fsp3) is 0.375. The number of aryl methyl sites for hydroxylation is 1. The van der Waals surface area contributed by atoms with Crippen molar-refractivity contribution < 1.29 is 9.53 Å². The van der Waals surface area contributed by atoms with E-state index in [0.29, 0.717) is 12.2 Å². The molecule has 1 aromatic carbocycles. The van der Waals surface area contributed by atoms with Gasteiger partial charge in [0, 0.05) is 6.54 Å². The van der Waals surface area contributed by atoms with Crippen LogP contribution in [0.4, 0.5) is 0 Å². The molecule has 1 aromatic heterocycles. The van der Waals surface area contributed by atoms with Gasteiger partial charge in [-0.25, -0.2) is 4.79 Å². The van der Waals surface area contributed by atoms with E-state index in [9.17, 15) is 4.79 Å². The Morgan fingerprint density at radius 3 is 2.62 bits per heavy atom. The maximum atomic E-state index is 11.9. The van der Waals surface area contributed by atoms with Crippen molar-refractivity contribution in [2.75, 3.05) is 14.2 Å². The summed E-state index contributed by atoms with van der Waals surface area (Å²) >= 11 is 0. The number of aromatic nitrogens is 2. The van der Waals surface area contributed by atoms with Crippen molar-refractivity contribution in [1.82, 2.24) is 15.1 Å². The summed E-state index contributed by atoms with van der Waals surface area (Å²) in [5.74, 6) is -0.371. The van der Waals surface area contributed by atoms with Gasteiger partial charge in [-0.3, -0.25) is 4.68 Å². The van der Waals surface area contributed by atoms with Gasteiger partial charge in [0.05, 0.1) is 18.8 Å². The molecule has 0 aliphatic heterocycles. The van der Waals surface area contributed by atoms with Gasteiger partial charge >= 0.3 is 5.97 Å². The number of nitrogens with one attached hydrogen (secondary N) is 1. The van der Waals surface area contributed by atoms with Gasteiger partial charge in [0.15, 0.2) is 0 Å². The highest BCUT2D eigenvalue weighted by molar-refractivity contribution is 5.87. The normalized spacial score (nSPS) is 12.2. The minimum Gasteiger partial charge on any atom is -0.464 e. The molecular weight excluding hydrogens is 266 g/mol. The van der Waals surface area contributed by atoms with Crippen LogP contribution in [-0.4, -0.2) is 29.9 Å². The first-order chi connectivity index (χ1) is 10.1. The maximum Gasteiger partial charge on any atom is 0.356 e. The Morgan fingerprint density at radius 2 is 2.05 bits per heavy atom. The highest BCUT2D eigenvalue weighted by Gasteiger charge is 2.20. The van der Waals surface area contributed by atoms with Crippen LogP contribution in [0.5, 0.6) is 0 Å². The number of hydrogen-bond acceptors (Lipinski definition) is 4. The number of carbonyl (C=O) groups excluding carboxylic acids is 1. The zero-order chi connectivity index (χ0) is 15.4. The molecule has 0 spiro atoms. The molecule has 2 rings (SSSR count). The summed E-state index contributed by atoms with van der Waals surface area (Å²) in [6.07, 6.45) is 0. The molecule has 2 aromatic rings. The number of rotatable bonds is 5. The number of esters is 1. The lowest BCUT2D eigenvalue weighted by molar-refractivity contribution is 0.0585. The summed E-state index contributed by atoms with van der Waals surface area (Å²) in [6.45, 7) is 4.68. The third-order valence-corrected chi connectivity index (χ3v) is 3.47. The lowest BCUT2D eigenvalue weighted by Gasteiger charge is -2.15. The monoisotopic (exact) mass is 287 g/mol. The molecule has 1 heterocycles. The molecule has 1 atom stereocenters. The summed E-state index contributed by atoms with van der Waals surface area (Å²) in [6, 6.07) is 9.96. The molecule has 5 heteroatoms. The molecule has 0 radical (unpaired) electrons. The zero-order valence-electron chi connectivity index (χ0n) is 12.9. The Kier molecular flexibility index (Phi) is 4.75. The fourth-order valence-corrected chi connectivity index (χ4v) is 2.25. The van der Waals surface area contributed by atoms with E-state index in [1.807, 2.05) is 20.9 Å². The van der Waals surface area contributed by atoms with Crippen LogP contribution in [0.25, 0.3) is 0 Å². The van der Waals surface area contributed by atoms with Gasteiger partial charge < -0.3 is 10.1 Å². The Morgan fingerprint density at radius 1 is 1.38 bits per heavy atom. The van der Waals surface area contributed by atoms with Crippen molar-refractivity contribution in [2.45, 2.75) is 26.4 Å². The van der Waals surface area contributed by atoms with E-state index in [0.717, 1.165) is 11.3 Å². The van der Waals surface area contributed by atoms with Gasteiger partial charge in [0.25, 0.3) is 0 Å². The number of benzene rings is 1. The molecule has 1 unspecified atom stereocenters. The first-order valence-electron chi connectivity index (χ1n) is 6.94. The van der Waals surface area contributed by atoms with Crippen molar-refractivity contribution in [3.8, 4) is 0 Å². The lowest BCUT2D eigenvalue weighted by atomic mass is 10.1. The van der Waals surface area contributed by atoms with Gasteiger partial charge in [-0.05, 0) is 32.5 Å². The first-order valence-corrected chi connectivity index (χ1v) is 6.94. The molecule has 0 aliphatic rings. The van der Waals surface area contributed by atoms with E-state index in [2.05, 4.69) is 34.7 Å². The van der Waals surface area contributed by atoms with Crippen molar-refractivity contribution in [3.05, 3.63) is 52.8 Å². The van der Waals surface area contributed by atoms with Crippen LogP contribution in [0.15, 0.2) is 30.3 Å². The zero-order valence-corrected chi connectivity index (χ0v) is 12.9. The van der Waals surface area contributed by atoms with E-state index in [4.69, 9.17) is 4.74 Å². The molecule has 112 valence electrons. The summed E-state index contributed by atoms with van der Waals surface area (Å²) in [7, 11) is 3.23. The summed E-state index contributed by atoms with van der Waals surface area (Å²) < 4.78 is 6.58. The minimum atomic E-state index is -0.371. The van der Waals surface area contributed by atoms with Crippen molar-refractivity contribution in [3.63, 3.8) is 0 Å². The molecular formula is C16H21N3O2. The van der Waals surface area contributed by atoms with Crippen LogP contribution in [0.2, 0.25) is 0 Å². The van der Waals surface area contributed by atoms with Crippen LogP contribution in [0.1, 0.15) is 40.3 Å². The molecule has 0 aliphatic carbocycles.